The number of benzene rings is 1. The zero-order valence-corrected chi connectivity index (χ0v) is 28.5. The maximum absolute atomic E-state index is 12.4. The summed E-state index contributed by atoms with van der Waals surface area (Å²) in [6, 6.07) is 9.03. The Balaban J connectivity index is 2.77. The molecule has 1 fully saturated rings. The van der Waals surface area contributed by atoms with E-state index < -0.39 is 91.3 Å². The van der Waals surface area contributed by atoms with Gasteiger partial charge in [-0.15, -0.1) is 6.58 Å². The van der Waals surface area contributed by atoms with Gasteiger partial charge in [0, 0.05) is 41.7 Å². The maximum atomic E-state index is 12.4. The van der Waals surface area contributed by atoms with E-state index in [4.69, 9.17) is 47.4 Å². The smallest absolute Gasteiger partial charge is 0.305 e. The number of rotatable bonds is 18. The van der Waals surface area contributed by atoms with E-state index in [1.54, 1.807) is 31.2 Å². The molecule has 10 atom stereocenters. The number of ether oxygens (including phenoxy) is 10. The molecule has 0 spiro atoms. The summed E-state index contributed by atoms with van der Waals surface area (Å²) >= 11 is 0. The van der Waals surface area contributed by atoms with E-state index in [1.165, 1.54) is 34.0 Å². The van der Waals surface area contributed by atoms with Crippen LogP contribution in [0.1, 0.15) is 54.0 Å². The second-order valence-electron chi connectivity index (χ2n) is 10.9. The van der Waals surface area contributed by atoms with Crippen molar-refractivity contribution in [2.24, 2.45) is 0 Å². The number of methoxy groups -OCH3 is 1. The predicted octanol–water partition coefficient (Wildman–Crippen LogP) is 2.56. The fraction of sp³-hybridized carbons (Fsp3) is 0.606. The van der Waals surface area contributed by atoms with Gasteiger partial charge in [-0.3, -0.25) is 24.0 Å². The molecule has 15 nitrogen and oxygen atoms in total. The van der Waals surface area contributed by atoms with Crippen LogP contribution in [0.3, 0.4) is 0 Å². The van der Waals surface area contributed by atoms with Crippen molar-refractivity contribution in [1.82, 2.24) is 0 Å². The van der Waals surface area contributed by atoms with Crippen LogP contribution in [0.4, 0.5) is 0 Å². The van der Waals surface area contributed by atoms with Crippen LogP contribution in [0.25, 0.3) is 0 Å². The highest BCUT2D eigenvalue weighted by Gasteiger charge is 2.54. The lowest BCUT2D eigenvalue weighted by Crippen LogP contribution is -2.64. The molecule has 15 heteroatoms. The highest BCUT2D eigenvalue weighted by Crippen LogP contribution is 2.33. The summed E-state index contributed by atoms with van der Waals surface area (Å²) in [5.74, 6) is -3.64. The van der Waals surface area contributed by atoms with E-state index in [0.29, 0.717) is 0 Å². The molecule has 1 saturated heterocycles. The standard InChI is InChI=1S/C33H46O15/c1-10-16-40-26(18(2)42-20(4)34)28(30(32(39-9)47-24(8)38)41-17-25-14-12-11-13-15-25)48-33-31(46-23(7)37)29(45-22(6)36)27(19(3)43-33)44-21(5)35/h10-15,18-19,26-33H,1,16-17H2,2-9H3/t18-,19+,26-,27+,28+,29-,30+,31-,32?,33+/m1/s1. The number of hydrogen-bond acceptors (Lipinski definition) is 15. The van der Waals surface area contributed by atoms with Gasteiger partial charge >= 0.3 is 29.8 Å². The molecule has 0 N–H and O–H groups in total. The second-order valence-corrected chi connectivity index (χ2v) is 10.9. The topological polar surface area (TPSA) is 178 Å². The maximum Gasteiger partial charge on any atom is 0.305 e. The van der Waals surface area contributed by atoms with Gasteiger partial charge in [0.2, 0.25) is 6.29 Å². The highest BCUT2D eigenvalue weighted by atomic mass is 16.8. The molecule has 0 bridgehead atoms. The molecule has 48 heavy (non-hydrogen) atoms. The summed E-state index contributed by atoms with van der Waals surface area (Å²) in [6.07, 6.45) is -11.6. The molecule has 0 aliphatic carbocycles. The molecule has 0 saturated carbocycles. The van der Waals surface area contributed by atoms with E-state index in [-0.39, 0.29) is 13.2 Å². The SMILES string of the molecule is C=CCO[C@@H]([C@H](O[C@@H]1O[C@@H](C)[C@H](OC(C)=O)[C@@H](OC(C)=O)[C@H]1OC(C)=O)[C@H](OCc1ccccc1)C(OC)OC(C)=O)[C@@H](C)OC(C)=O. The number of carbonyl (C=O) groups excluding carboxylic acids is 5. The van der Waals surface area contributed by atoms with Crippen molar-refractivity contribution >= 4 is 29.8 Å². The Morgan fingerprint density at radius 3 is 1.85 bits per heavy atom. The summed E-state index contributed by atoms with van der Waals surface area (Å²) in [4.78, 5) is 61.0. The monoisotopic (exact) mass is 682 g/mol. The van der Waals surface area contributed by atoms with Crippen LogP contribution < -0.4 is 0 Å². The molecule has 1 heterocycles. The van der Waals surface area contributed by atoms with E-state index in [1.807, 2.05) is 6.07 Å². The first kappa shape index (κ1) is 40.3. The Bertz CT molecular complexity index is 1220. The minimum atomic E-state index is -1.55. The van der Waals surface area contributed by atoms with Gasteiger partial charge < -0.3 is 47.4 Å². The third kappa shape index (κ3) is 12.6. The predicted molar refractivity (Wildman–Crippen MR) is 165 cm³/mol. The molecular weight excluding hydrogens is 636 g/mol. The van der Waals surface area contributed by atoms with Crippen LogP contribution in [0, 0.1) is 0 Å². The van der Waals surface area contributed by atoms with E-state index in [0.717, 1.165) is 26.3 Å². The lowest BCUT2D eigenvalue weighted by molar-refractivity contribution is -0.337. The van der Waals surface area contributed by atoms with Crippen LogP contribution in [0.15, 0.2) is 43.0 Å². The van der Waals surface area contributed by atoms with Gasteiger partial charge in [0.25, 0.3) is 0 Å². The van der Waals surface area contributed by atoms with Crippen LogP contribution in [-0.2, 0) is 77.9 Å². The molecule has 1 aromatic carbocycles. The fourth-order valence-electron chi connectivity index (χ4n) is 5.09. The van der Waals surface area contributed by atoms with Crippen molar-refractivity contribution < 1.29 is 71.3 Å². The molecule has 1 aliphatic heterocycles. The third-order valence-electron chi connectivity index (χ3n) is 6.86. The van der Waals surface area contributed by atoms with E-state index in [2.05, 4.69) is 6.58 Å². The Morgan fingerprint density at radius 1 is 0.771 bits per heavy atom. The highest BCUT2D eigenvalue weighted by molar-refractivity contribution is 5.68. The van der Waals surface area contributed by atoms with Gasteiger partial charge in [0.15, 0.2) is 24.6 Å². The van der Waals surface area contributed by atoms with Crippen molar-refractivity contribution in [2.75, 3.05) is 13.7 Å². The lowest BCUT2D eigenvalue weighted by atomic mass is 9.97. The fourth-order valence-corrected chi connectivity index (χ4v) is 5.09. The van der Waals surface area contributed by atoms with E-state index >= 15 is 0 Å². The zero-order chi connectivity index (χ0) is 36.0. The molecule has 0 amide bonds. The molecule has 268 valence electrons. The van der Waals surface area contributed by atoms with Crippen LogP contribution in [0.5, 0.6) is 0 Å². The van der Waals surface area contributed by atoms with Gasteiger partial charge in [0.05, 0.1) is 19.3 Å². The minimum Gasteiger partial charge on any atom is -0.460 e. The molecule has 0 aromatic heterocycles. The van der Waals surface area contributed by atoms with E-state index in [9.17, 15) is 24.0 Å². The van der Waals surface area contributed by atoms with Crippen molar-refractivity contribution in [1.29, 1.82) is 0 Å². The number of esters is 5. The average Bonchev–Trinajstić information content (AvgIpc) is 2.99. The summed E-state index contributed by atoms with van der Waals surface area (Å²) in [5.41, 5.74) is 0.731. The second kappa shape index (κ2) is 19.8. The van der Waals surface area contributed by atoms with Gasteiger partial charge in [-0.2, -0.15) is 0 Å². The Morgan fingerprint density at radius 2 is 1.33 bits per heavy atom. The first-order valence-corrected chi connectivity index (χ1v) is 15.3. The Labute approximate surface area is 280 Å². The van der Waals surface area contributed by atoms with Crippen molar-refractivity contribution in [3.05, 3.63) is 48.6 Å². The van der Waals surface area contributed by atoms with Crippen molar-refractivity contribution in [2.45, 2.75) is 116 Å². The summed E-state index contributed by atoms with van der Waals surface area (Å²) in [5, 5.41) is 0. The zero-order valence-electron chi connectivity index (χ0n) is 28.5. The van der Waals surface area contributed by atoms with Gasteiger partial charge in [-0.1, -0.05) is 36.4 Å². The van der Waals surface area contributed by atoms with Crippen molar-refractivity contribution in [3.63, 3.8) is 0 Å². The summed E-state index contributed by atoms with van der Waals surface area (Å²) in [7, 11) is 1.28. The first-order valence-electron chi connectivity index (χ1n) is 15.3. The largest absolute Gasteiger partial charge is 0.460 e. The molecular formula is C33H46O15. The van der Waals surface area contributed by atoms with Gasteiger partial charge in [-0.25, -0.2) is 0 Å². The molecule has 1 unspecified atom stereocenters. The molecule has 1 aliphatic rings. The molecule has 0 radical (unpaired) electrons. The lowest BCUT2D eigenvalue weighted by Gasteiger charge is -2.46. The average molecular weight is 683 g/mol. The Kier molecular flexibility index (Phi) is 16.6. The summed E-state index contributed by atoms with van der Waals surface area (Å²) in [6.45, 7) is 12.4. The normalized spacial score (nSPS) is 23.7. The van der Waals surface area contributed by atoms with Crippen LogP contribution in [-0.4, -0.2) is 105 Å². The van der Waals surface area contributed by atoms with Crippen LogP contribution >= 0.6 is 0 Å². The van der Waals surface area contributed by atoms with Crippen LogP contribution in [0.2, 0.25) is 0 Å². The minimum absolute atomic E-state index is 0.0392. The summed E-state index contributed by atoms with van der Waals surface area (Å²) < 4.78 is 58.1. The van der Waals surface area contributed by atoms with Gasteiger partial charge in [0.1, 0.15) is 24.4 Å². The molecule has 2 rings (SSSR count). The first-order chi connectivity index (χ1) is 22.7. The van der Waals surface area contributed by atoms with Crippen molar-refractivity contribution in [3.8, 4) is 0 Å². The Hall–Kier alpha value is -3.89. The van der Waals surface area contributed by atoms with Gasteiger partial charge in [-0.05, 0) is 19.4 Å². The third-order valence-corrected chi connectivity index (χ3v) is 6.86. The quantitative estimate of drug-likeness (QED) is 0.0954. The number of hydrogen-bond donors (Lipinski definition) is 0. The number of carbonyl (C=O) groups is 5. The molecule has 1 aromatic rings.